The number of methoxy groups -OCH3 is 1. The van der Waals surface area contributed by atoms with E-state index >= 15 is 0 Å². The van der Waals surface area contributed by atoms with Crippen LogP contribution in [0, 0.1) is 0 Å². The topological polar surface area (TPSA) is 184 Å². The SMILES string of the molecule is CCOC(=O)C1=C(COCCOCCN)NC(C)=C(C(=O)OC)[C@H]1c1cc(Cl)cc(Cl)c1Cl.O=C(O)C=CC(=O)O. The van der Waals surface area contributed by atoms with Crippen molar-refractivity contribution < 1.29 is 48.3 Å². The number of carboxylic acids is 2. The molecule has 15 heteroatoms. The number of halogens is 3. The minimum Gasteiger partial charge on any atom is -0.478 e. The quantitative estimate of drug-likeness (QED) is 0.107. The van der Waals surface area contributed by atoms with E-state index in [1.54, 1.807) is 19.9 Å². The van der Waals surface area contributed by atoms with E-state index in [0.717, 1.165) is 0 Å². The zero-order valence-electron chi connectivity index (χ0n) is 22.5. The highest BCUT2D eigenvalue weighted by Crippen LogP contribution is 2.44. The number of carbonyl (C=O) groups excluding carboxylic acids is 2. The van der Waals surface area contributed by atoms with Crippen LogP contribution in [0.2, 0.25) is 15.1 Å². The van der Waals surface area contributed by atoms with Crippen LogP contribution < -0.4 is 11.1 Å². The fraction of sp³-hybridized carbons (Fsp3) is 0.385. The maximum absolute atomic E-state index is 13.1. The van der Waals surface area contributed by atoms with E-state index in [0.29, 0.717) is 48.9 Å². The van der Waals surface area contributed by atoms with Gasteiger partial charge in [-0.15, -0.1) is 0 Å². The second-order valence-electron chi connectivity index (χ2n) is 7.96. The molecule has 1 aromatic rings. The molecule has 1 aliphatic rings. The molecule has 0 bridgehead atoms. The molecule has 12 nitrogen and oxygen atoms in total. The van der Waals surface area contributed by atoms with Crippen molar-refractivity contribution in [3.63, 3.8) is 0 Å². The molecule has 5 N–H and O–H groups in total. The van der Waals surface area contributed by atoms with Gasteiger partial charge >= 0.3 is 23.9 Å². The van der Waals surface area contributed by atoms with Crippen molar-refractivity contribution in [3.8, 4) is 0 Å². The van der Waals surface area contributed by atoms with Gasteiger partial charge in [0, 0.05) is 29.4 Å². The summed E-state index contributed by atoms with van der Waals surface area (Å²) in [7, 11) is 1.25. The number of dihydropyridines is 1. The number of nitrogens with one attached hydrogen (secondary N) is 1. The van der Waals surface area contributed by atoms with Gasteiger partial charge in [0.25, 0.3) is 0 Å². The predicted octanol–water partition coefficient (Wildman–Crippen LogP) is 3.30. The summed E-state index contributed by atoms with van der Waals surface area (Å²) in [6.45, 7) is 4.93. The Morgan fingerprint density at radius 1 is 0.976 bits per heavy atom. The van der Waals surface area contributed by atoms with E-state index in [9.17, 15) is 19.2 Å². The van der Waals surface area contributed by atoms with Gasteiger partial charge < -0.3 is 40.2 Å². The van der Waals surface area contributed by atoms with E-state index in [2.05, 4.69) is 5.32 Å². The minimum atomic E-state index is -1.26. The molecule has 0 radical (unpaired) electrons. The van der Waals surface area contributed by atoms with Crippen molar-refractivity contribution in [1.82, 2.24) is 5.32 Å². The molecule has 41 heavy (non-hydrogen) atoms. The van der Waals surface area contributed by atoms with Gasteiger partial charge in [0.1, 0.15) is 0 Å². The van der Waals surface area contributed by atoms with Gasteiger partial charge in [0.15, 0.2) is 0 Å². The molecular formula is C26H31Cl3N2O10. The number of nitrogens with two attached hydrogens (primary N) is 1. The first-order valence-corrected chi connectivity index (χ1v) is 13.1. The molecular weight excluding hydrogens is 607 g/mol. The molecule has 0 spiro atoms. The van der Waals surface area contributed by atoms with Crippen LogP contribution in [0.5, 0.6) is 0 Å². The summed E-state index contributed by atoms with van der Waals surface area (Å²) in [6, 6.07) is 3.03. The van der Waals surface area contributed by atoms with Crippen LogP contribution in [-0.2, 0) is 38.1 Å². The van der Waals surface area contributed by atoms with Crippen LogP contribution in [0.15, 0.2) is 46.8 Å². The van der Waals surface area contributed by atoms with E-state index in [4.69, 9.17) is 69.7 Å². The average molecular weight is 638 g/mol. The minimum absolute atomic E-state index is 0.0222. The Morgan fingerprint density at radius 2 is 1.59 bits per heavy atom. The molecule has 1 atom stereocenters. The zero-order chi connectivity index (χ0) is 31.1. The summed E-state index contributed by atoms with van der Waals surface area (Å²) in [4.78, 5) is 45.0. The first-order valence-electron chi connectivity index (χ1n) is 12.0. The summed E-state index contributed by atoms with van der Waals surface area (Å²) >= 11 is 19.0. The molecule has 0 aliphatic carbocycles. The number of benzene rings is 1. The van der Waals surface area contributed by atoms with Crippen LogP contribution >= 0.6 is 34.8 Å². The normalized spacial score (nSPS) is 14.8. The van der Waals surface area contributed by atoms with E-state index in [1.807, 2.05) is 0 Å². The number of carbonyl (C=O) groups is 4. The average Bonchev–Trinajstić information content (AvgIpc) is 2.91. The lowest BCUT2D eigenvalue weighted by atomic mass is 9.80. The van der Waals surface area contributed by atoms with Gasteiger partial charge in [-0.25, -0.2) is 19.2 Å². The maximum Gasteiger partial charge on any atom is 0.336 e. The van der Waals surface area contributed by atoms with E-state index in [-0.39, 0.29) is 46.0 Å². The highest BCUT2D eigenvalue weighted by Gasteiger charge is 2.40. The van der Waals surface area contributed by atoms with Crippen molar-refractivity contribution in [3.05, 3.63) is 67.5 Å². The highest BCUT2D eigenvalue weighted by molar-refractivity contribution is 6.43. The smallest absolute Gasteiger partial charge is 0.336 e. The number of ether oxygens (including phenoxy) is 4. The fourth-order valence-corrected chi connectivity index (χ4v) is 4.29. The molecule has 0 fully saturated rings. The molecule has 0 unspecified atom stereocenters. The number of carboxylic acid groups (broad SMARTS) is 2. The molecule has 0 saturated carbocycles. The highest BCUT2D eigenvalue weighted by atomic mass is 35.5. The van der Waals surface area contributed by atoms with E-state index < -0.39 is 29.8 Å². The van der Waals surface area contributed by atoms with Crippen molar-refractivity contribution in [1.29, 1.82) is 0 Å². The summed E-state index contributed by atoms with van der Waals surface area (Å²) in [5.74, 6) is -4.75. The Labute approximate surface area is 251 Å². The fourth-order valence-electron chi connectivity index (χ4n) is 3.56. The van der Waals surface area contributed by atoms with Crippen molar-refractivity contribution in [2.75, 3.05) is 46.7 Å². The number of hydrogen-bond donors (Lipinski definition) is 4. The maximum atomic E-state index is 13.1. The third-order valence-electron chi connectivity index (χ3n) is 5.13. The first-order chi connectivity index (χ1) is 19.4. The van der Waals surface area contributed by atoms with Crippen molar-refractivity contribution in [2.24, 2.45) is 5.73 Å². The number of hydrogen-bond acceptors (Lipinski definition) is 10. The Hall–Kier alpha value is -3.13. The number of aliphatic carboxylic acids is 2. The standard InChI is InChI=1S/C22H27Cl3N2O6.C4H4O4/c1-4-33-22(29)19-16(11-32-8-7-31-6-5-26)27-12(2)17(21(28)30-3)18(19)14-9-13(23)10-15(24)20(14)25;5-3(6)1-2-4(7)8/h9-10,18,27H,4-8,11,26H2,1-3H3;1-2H,(H,5,6)(H,7,8)/t18-;/m1./s1. The van der Waals surface area contributed by atoms with Crippen LogP contribution in [0.3, 0.4) is 0 Å². The summed E-state index contributed by atoms with van der Waals surface area (Å²) < 4.78 is 21.3. The molecule has 0 amide bonds. The molecule has 0 saturated heterocycles. The van der Waals surface area contributed by atoms with Crippen LogP contribution in [-0.4, -0.2) is 80.8 Å². The Balaban J connectivity index is 0.000000915. The lowest BCUT2D eigenvalue weighted by Crippen LogP contribution is -2.35. The Bertz CT molecular complexity index is 1200. The lowest BCUT2D eigenvalue weighted by molar-refractivity contribution is -0.139. The largest absolute Gasteiger partial charge is 0.478 e. The van der Waals surface area contributed by atoms with Crippen LogP contribution in [0.25, 0.3) is 0 Å². The second-order valence-corrected chi connectivity index (χ2v) is 9.18. The number of esters is 2. The zero-order valence-corrected chi connectivity index (χ0v) is 24.8. The van der Waals surface area contributed by atoms with Gasteiger partial charge in [0.05, 0.1) is 73.0 Å². The molecule has 1 heterocycles. The second kappa shape index (κ2) is 18.3. The van der Waals surface area contributed by atoms with Gasteiger partial charge in [0.2, 0.25) is 0 Å². The van der Waals surface area contributed by atoms with Gasteiger partial charge in [-0.05, 0) is 31.5 Å². The summed E-state index contributed by atoms with van der Waals surface area (Å²) in [6.07, 6.45) is 1.12. The number of rotatable bonds is 13. The van der Waals surface area contributed by atoms with Crippen molar-refractivity contribution >= 4 is 58.7 Å². The monoisotopic (exact) mass is 636 g/mol. The summed E-state index contributed by atoms with van der Waals surface area (Å²) in [5, 5.41) is 19.3. The summed E-state index contributed by atoms with van der Waals surface area (Å²) in [5.41, 5.74) is 6.96. The molecule has 1 aliphatic heterocycles. The Morgan fingerprint density at radius 3 is 2.12 bits per heavy atom. The lowest BCUT2D eigenvalue weighted by Gasteiger charge is -2.32. The molecule has 1 aromatic carbocycles. The third-order valence-corrected chi connectivity index (χ3v) is 6.16. The molecule has 2 rings (SSSR count). The van der Waals surface area contributed by atoms with Crippen LogP contribution in [0.1, 0.15) is 25.3 Å². The van der Waals surface area contributed by atoms with Crippen molar-refractivity contribution in [2.45, 2.75) is 19.8 Å². The third kappa shape index (κ3) is 11.3. The van der Waals surface area contributed by atoms with Gasteiger partial charge in [-0.1, -0.05) is 34.8 Å². The van der Waals surface area contributed by atoms with E-state index in [1.165, 1.54) is 13.2 Å². The van der Waals surface area contributed by atoms with Gasteiger partial charge in [-0.2, -0.15) is 0 Å². The number of allylic oxidation sites excluding steroid dienone is 1. The molecule has 0 aromatic heterocycles. The molecule has 226 valence electrons. The predicted molar refractivity (Wildman–Crippen MR) is 151 cm³/mol. The van der Waals surface area contributed by atoms with Crippen LogP contribution in [0.4, 0.5) is 0 Å². The first kappa shape index (κ1) is 35.9. The Kier molecular flexibility index (Phi) is 16.1. The van der Waals surface area contributed by atoms with Gasteiger partial charge in [-0.3, -0.25) is 0 Å².